The number of methoxy groups -OCH3 is 1. The largest absolute Gasteiger partial charge is 0.385 e. The maximum Gasteiger partial charge on any atom is 0.323 e. The number of carbonyl (C=O) groups is 2. The number of ether oxygens (including phenoxy) is 1. The molecule has 7 nitrogen and oxygen atoms in total. The Hall–Kier alpha value is -3.06. The standard InChI is InChI=1S/C28H40N4O3/c1-19(2)22-10-8-11-23(20(3)4)26(22)31-28(34)30-21-12-13-25(32-15-6-7-16-32)24(18-21)27(33)29-14-9-17-35-5/h8,10-13,18-20H,6-7,9,14-17H2,1-5H3,(H,29,33)(H2,30,31,34). The Balaban J connectivity index is 1.81. The Morgan fingerprint density at radius 1 is 0.971 bits per heavy atom. The third-order valence-electron chi connectivity index (χ3n) is 6.37. The zero-order valence-electron chi connectivity index (χ0n) is 21.7. The van der Waals surface area contributed by atoms with E-state index >= 15 is 0 Å². The van der Waals surface area contributed by atoms with Gasteiger partial charge in [0.2, 0.25) is 0 Å². The van der Waals surface area contributed by atoms with Gasteiger partial charge in [-0.2, -0.15) is 0 Å². The topological polar surface area (TPSA) is 82.7 Å². The number of rotatable bonds is 10. The van der Waals surface area contributed by atoms with Crippen LogP contribution in [-0.2, 0) is 4.74 Å². The third-order valence-corrected chi connectivity index (χ3v) is 6.37. The first-order chi connectivity index (χ1) is 16.8. The highest BCUT2D eigenvalue weighted by Gasteiger charge is 2.21. The minimum atomic E-state index is -0.319. The number of nitrogens with zero attached hydrogens (tertiary/aromatic N) is 1. The third kappa shape index (κ3) is 6.98. The highest BCUT2D eigenvalue weighted by Crippen LogP contribution is 2.33. The summed E-state index contributed by atoms with van der Waals surface area (Å²) in [6, 6.07) is 11.4. The molecule has 0 atom stereocenters. The smallest absolute Gasteiger partial charge is 0.323 e. The molecule has 3 amide bonds. The molecule has 0 spiro atoms. The quantitative estimate of drug-likeness (QED) is 0.367. The fraction of sp³-hybridized carbons (Fsp3) is 0.500. The van der Waals surface area contributed by atoms with Crippen molar-refractivity contribution >= 4 is 29.0 Å². The lowest BCUT2D eigenvalue weighted by atomic mass is 9.93. The molecule has 1 aliphatic rings. The lowest BCUT2D eigenvalue weighted by Crippen LogP contribution is -2.29. The summed E-state index contributed by atoms with van der Waals surface area (Å²) in [4.78, 5) is 28.3. The molecule has 1 fully saturated rings. The number of anilines is 3. The minimum absolute atomic E-state index is 0.140. The molecule has 0 aliphatic carbocycles. The summed E-state index contributed by atoms with van der Waals surface area (Å²) in [5.74, 6) is 0.411. The Bertz CT molecular complexity index is 987. The van der Waals surface area contributed by atoms with Gasteiger partial charge in [-0.05, 0) is 60.4 Å². The normalized spacial score (nSPS) is 13.4. The van der Waals surface area contributed by atoms with E-state index in [4.69, 9.17) is 4.74 Å². The van der Waals surface area contributed by atoms with Gasteiger partial charge in [0.05, 0.1) is 5.56 Å². The van der Waals surface area contributed by atoms with E-state index in [2.05, 4.69) is 60.7 Å². The van der Waals surface area contributed by atoms with Crippen LogP contribution in [0, 0.1) is 0 Å². The SMILES string of the molecule is COCCCNC(=O)c1cc(NC(=O)Nc2c(C(C)C)cccc2C(C)C)ccc1N1CCCC1. The molecule has 0 saturated carbocycles. The van der Waals surface area contributed by atoms with Crippen molar-refractivity contribution in [1.29, 1.82) is 0 Å². The van der Waals surface area contributed by atoms with Crippen molar-refractivity contribution in [3.05, 3.63) is 53.1 Å². The zero-order chi connectivity index (χ0) is 25.4. The summed E-state index contributed by atoms with van der Waals surface area (Å²) in [5, 5.41) is 9.01. The van der Waals surface area contributed by atoms with Crippen LogP contribution in [0.15, 0.2) is 36.4 Å². The van der Waals surface area contributed by atoms with E-state index in [0.717, 1.165) is 54.9 Å². The van der Waals surface area contributed by atoms with Gasteiger partial charge in [-0.3, -0.25) is 4.79 Å². The van der Waals surface area contributed by atoms with Crippen molar-refractivity contribution in [2.24, 2.45) is 0 Å². The van der Waals surface area contributed by atoms with Crippen molar-refractivity contribution in [2.75, 3.05) is 48.9 Å². The minimum Gasteiger partial charge on any atom is -0.385 e. The lowest BCUT2D eigenvalue weighted by Gasteiger charge is -2.22. The van der Waals surface area contributed by atoms with Crippen LogP contribution in [0.1, 0.15) is 80.3 Å². The average Bonchev–Trinajstić information content (AvgIpc) is 3.36. The second-order valence-corrected chi connectivity index (χ2v) is 9.73. The summed E-state index contributed by atoms with van der Waals surface area (Å²) < 4.78 is 5.08. The fourth-order valence-electron chi connectivity index (χ4n) is 4.51. The molecule has 0 aromatic heterocycles. The summed E-state index contributed by atoms with van der Waals surface area (Å²) in [5.41, 5.74) is 5.14. The van der Waals surface area contributed by atoms with Gasteiger partial charge in [0, 0.05) is 50.4 Å². The molecule has 0 radical (unpaired) electrons. The lowest BCUT2D eigenvalue weighted by molar-refractivity contribution is 0.0949. The monoisotopic (exact) mass is 480 g/mol. The van der Waals surface area contributed by atoms with Gasteiger partial charge < -0.3 is 25.6 Å². The summed E-state index contributed by atoms with van der Waals surface area (Å²) in [6.07, 6.45) is 2.98. The van der Waals surface area contributed by atoms with Gasteiger partial charge in [0.15, 0.2) is 0 Å². The molecular weight excluding hydrogens is 440 g/mol. The van der Waals surface area contributed by atoms with Crippen LogP contribution in [-0.4, -0.2) is 45.3 Å². The number of urea groups is 1. The maximum absolute atomic E-state index is 13.1. The van der Waals surface area contributed by atoms with E-state index in [-0.39, 0.29) is 23.8 Å². The predicted molar refractivity (Wildman–Crippen MR) is 144 cm³/mol. The summed E-state index contributed by atoms with van der Waals surface area (Å²) in [6.45, 7) is 11.5. The van der Waals surface area contributed by atoms with E-state index in [1.54, 1.807) is 13.2 Å². The van der Waals surface area contributed by atoms with Crippen LogP contribution in [0.5, 0.6) is 0 Å². The molecule has 2 aromatic rings. The first-order valence-corrected chi connectivity index (χ1v) is 12.7. The highest BCUT2D eigenvalue weighted by atomic mass is 16.5. The van der Waals surface area contributed by atoms with Crippen LogP contribution in [0.25, 0.3) is 0 Å². The van der Waals surface area contributed by atoms with Crippen LogP contribution < -0.4 is 20.9 Å². The molecule has 1 saturated heterocycles. The average molecular weight is 481 g/mol. The molecule has 1 heterocycles. The summed E-state index contributed by atoms with van der Waals surface area (Å²) >= 11 is 0. The van der Waals surface area contributed by atoms with Crippen molar-refractivity contribution in [2.45, 2.75) is 58.8 Å². The van der Waals surface area contributed by atoms with Crippen LogP contribution in [0.2, 0.25) is 0 Å². The molecule has 0 unspecified atom stereocenters. The highest BCUT2D eigenvalue weighted by molar-refractivity contribution is 6.04. The second-order valence-electron chi connectivity index (χ2n) is 9.73. The zero-order valence-corrected chi connectivity index (χ0v) is 21.7. The van der Waals surface area contributed by atoms with Crippen molar-refractivity contribution in [1.82, 2.24) is 5.32 Å². The number of benzene rings is 2. The van der Waals surface area contributed by atoms with Gasteiger partial charge in [-0.15, -0.1) is 0 Å². The van der Waals surface area contributed by atoms with Gasteiger partial charge in [-0.25, -0.2) is 4.79 Å². The van der Waals surface area contributed by atoms with E-state index in [0.29, 0.717) is 24.4 Å². The van der Waals surface area contributed by atoms with Gasteiger partial charge in [-0.1, -0.05) is 45.9 Å². The number of amides is 3. The molecule has 7 heteroatoms. The molecule has 3 rings (SSSR count). The van der Waals surface area contributed by atoms with E-state index in [1.807, 2.05) is 18.2 Å². The molecule has 2 aromatic carbocycles. The molecule has 0 bridgehead atoms. The number of para-hydroxylation sites is 1. The number of hydrogen-bond acceptors (Lipinski definition) is 4. The van der Waals surface area contributed by atoms with Gasteiger partial charge >= 0.3 is 6.03 Å². The van der Waals surface area contributed by atoms with Crippen LogP contribution >= 0.6 is 0 Å². The first kappa shape index (κ1) is 26.5. The van der Waals surface area contributed by atoms with Gasteiger partial charge in [0.25, 0.3) is 5.91 Å². The Morgan fingerprint density at radius 2 is 1.63 bits per heavy atom. The summed E-state index contributed by atoms with van der Waals surface area (Å²) in [7, 11) is 1.65. The van der Waals surface area contributed by atoms with Crippen molar-refractivity contribution in [3.8, 4) is 0 Å². The molecular formula is C28H40N4O3. The Kier molecular flexibility index (Phi) is 9.55. The second kappa shape index (κ2) is 12.6. The van der Waals surface area contributed by atoms with Crippen LogP contribution in [0.3, 0.4) is 0 Å². The number of nitrogens with one attached hydrogen (secondary N) is 3. The Morgan fingerprint density at radius 3 is 2.23 bits per heavy atom. The van der Waals surface area contributed by atoms with Crippen molar-refractivity contribution in [3.63, 3.8) is 0 Å². The van der Waals surface area contributed by atoms with E-state index in [9.17, 15) is 9.59 Å². The van der Waals surface area contributed by atoms with Crippen LogP contribution in [0.4, 0.5) is 21.9 Å². The molecule has 1 aliphatic heterocycles. The van der Waals surface area contributed by atoms with Crippen molar-refractivity contribution < 1.29 is 14.3 Å². The Labute approximate surface area is 209 Å². The molecule has 190 valence electrons. The number of hydrogen-bond donors (Lipinski definition) is 3. The molecule has 3 N–H and O–H groups in total. The fourth-order valence-corrected chi connectivity index (χ4v) is 4.51. The van der Waals surface area contributed by atoms with E-state index in [1.165, 1.54) is 0 Å². The predicted octanol–water partition coefficient (Wildman–Crippen LogP) is 5.94. The van der Waals surface area contributed by atoms with E-state index < -0.39 is 0 Å². The van der Waals surface area contributed by atoms with Gasteiger partial charge in [0.1, 0.15) is 0 Å². The maximum atomic E-state index is 13.1. The number of carbonyl (C=O) groups excluding carboxylic acids is 2. The first-order valence-electron chi connectivity index (χ1n) is 12.7. The molecule has 35 heavy (non-hydrogen) atoms.